The SMILES string of the molecule is CC(C)CC(=O)N1CCC[C@H](N2CCN(Cc3ccc4c(c3)OCO4)CC2)C1. The first-order valence-electron chi connectivity index (χ1n) is 10.7. The van der Waals surface area contributed by atoms with Crippen LogP contribution < -0.4 is 9.47 Å². The van der Waals surface area contributed by atoms with E-state index in [2.05, 4.69) is 40.7 Å². The second-order valence-electron chi connectivity index (χ2n) is 8.73. The van der Waals surface area contributed by atoms with Gasteiger partial charge in [-0.25, -0.2) is 0 Å². The molecule has 1 aromatic carbocycles. The lowest BCUT2D eigenvalue weighted by molar-refractivity contribution is -0.134. The molecule has 4 rings (SSSR count). The predicted molar refractivity (Wildman–Crippen MR) is 108 cm³/mol. The van der Waals surface area contributed by atoms with Crippen LogP contribution in [0.25, 0.3) is 0 Å². The van der Waals surface area contributed by atoms with Gasteiger partial charge in [-0.15, -0.1) is 0 Å². The molecule has 0 N–H and O–H groups in total. The first-order valence-corrected chi connectivity index (χ1v) is 10.7. The molecule has 1 aromatic rings. The van der Waals surface area contributed by atoms with Gasteiger partial charge in [-0.2, -0.15) is 0 Å². The zero-order valence-electron chi connectivity index (χ0n) is 17.2. The molecule has 3 aliphatic heterocycles. The summed E-state index contributed by atoms with van der Waals surface area (Å²) >= 11 is 0. The molecule has 0 saturated carbocycles. The fourth-order valence-corrected chi connectivity index (χ4v) is 4.54. The van der Waals surface area contributed by atoms with Gasteiger partial charge in [0.1, 0.15) is 0 Å². The maximum absolute atomic E-state index is 12.5. The van der Waals surface area contributed by atoms with Gasteiger partial charge >= 0.3 is 0 Å². The number of nitrogens with zero attached hydrogens (tertiary/aromatic N) is 3. The minimum absolute atomic E-state index is 0.329. The van der Waals surface area contributed by atoms with Crippen LogP contribution in [-0.4, -0.2) is 72.7 Å². The van der Waals surface area contributed by atoms with Crippen LogP contribution in [-0.2, 0) is 11.3 Å². The number of piperidine rings is 1. The molecular weight excluding hydrogens is 354 g/mol. The van der Waals surface area contributed by atoms with E-state index in [0.717, 1.165) is 63.7 Å². The van der Waals surface area contributed by atoms with Crippen molar-refractivity contribution in [1.82, 2.24) is 14.7 Å². The van der Waals surface area contributed by atoms with Gasteiger partial charge < -0.3 is 14.4 Å². The molecule has 0 spiro atoms. The molecule has 0 aromatic heterocycles. The van der Waals surface area contributed by atoms with E-state index >= 15 is 0 Å². The van der Waals surface area contributed by atoms with Crippen LogP contribution in [0.4, 0.5) is 0 Å². The Labute approximate surface area is 168 Å². The van der Waals surface area contributed by atoms with E-state index in [-0.39, 0.29) is 0 Å². The molecule has 6 nitrogen and oxygen atoms in total. The van der Waals surface area contributed by atoms with Crippen LogP contribution in [0.3, 0.4) is 0 Å². The fraction of sp³-hybridized carbons (Fsp3) is 0.682. The lowest BCUT2D eigenvalue weighted by Crippen LogP contribution is -2.55. The monoisotopic (exact) mass is 387 g/mol. The molecular formula is C22H33N3O3. The number of fused-ring (bicyclic) bond motifs is 1. The van der Waals surface area contributed by atoms with Crippen molar-refractivity contribution in [2.45, 2.75) is 45.7 Å². The van der Waals surface area contributed by atoms with Crippen molar-refractivity contribution < 1.29 is 14.3 Å². The van der Waals surface area contributed by atoms with Gasteiger partial charge in [-0.3, -0.25) is 14.6 Å². The Hall–Kier alpha value is -1.79. The van der Waals surface area contributed by atoms with Gasteiger partial charge in [0.25, 0.3) is 0 Å². The van der Waals surface area contributed by atoms with Gasteiger partial charge in [0.15, 0.2) is 11.5 Å². The van der Waals surface area contributed by atoms with Crippen molar-refractivity contribution in [2.24, 2.45) is 5.92 Å². The van der Waals surface area contributed by atoms with Crippen molar-refractivity contribution in [1.29, 1.82) is 0 Å². The molecule has 3 aliphatic rings. The fourth-order valence-electron chi connectivity index (χ4n) is 4.54. The molecule has 0 radical (unpaired) electrons. The zero-order chi connectivity index (χ0) is 19.5. The lowest BCUT2D eigenvalue weighted by Gasteiger charge is -2.43. The van der Waals surface area contributed by atoms with Crippen molar-refractivity contribution in [3.8, 4) is 11.5 Å². The molecule has 0 aliphatic carbocycles. The zero-order valence-corrected chi connectivity index (χ0v) is 17.2. The Balaban J connectivity index is 1.26. The van der Waals surface area contributed by atoms with E-state index < -0.39 is 0 Å². The average molecular weight is 388 g/mol. The molecule has 2 saturated heterocycles. The number of hydrogen-bond acceptors (Lipinski definition) is 5. The summed E-state index contributed by atoms with van der Waals surface area (Å²) in [5.74, 6) is 2.49. The van der Waals surface area contributed by atoms with Gasteiger partial charge in [0.05, 0.1) is 0 Å². The lowest BCUT2D eigenvalue weighted by atomic mass is 10.0. The number of amides is 1. The number of ether oxygens (including phenoxy) is 2. The first-order chi connectivity index (χ1) is 13.6. The van der Waals surface area contributed by atoms with Gasteiger partial charge in [0.2, 0.25) is 12.7 Å². The van der Waals surface area contributed by atoms with E-state index in [1.165, 1.54) is 12.0 Å². The highest BCUT2D eigenvalue weighted by atomic mass is 16.7. The smallest absolute Gasteiger partial charge is 0.231 e. The summed E-state index contributed by atoms with van der Waals surface area (Å²) in [6, 6.07) is 6.78. The number of benzene rings is 1. The van der Waals surface area contributed by atoms with Crippen molar-refractivity contribution in [2.75, 3.05) is 46.1 Å². The van der Waals surface area contributed by atoms with Crippen molar-refractivity contribution in [3.05, 3.63) is 23.8 Å². The van der Waals surface area contributed by atoms with Crippen LogP contribution in [0.15, 0.2) is 18.2 Å². The van der Waals surface area contributed by atoms with Crippen LogP contribution in [0.1, 0.15) is 38.7 Å². The highest BCUT2D eigenvalue weighted by Gasteiger charge is 2.30. The summed E-state index contributed by atoms with van der Waals surface area (Å²) in [6.45, 7) is 11.7. The van der Waals surface area contributed by atoms with Crippen molar-refractivity contribution >= 4 is 5.91 Å². The van der Waals surface area contributed by atoms with E-state index in [0.29, 0.717) is 31.1 Å². The van der Waals surface area contributed by atoms with E-state index in [1.54, 1.807) is 0 Å². The van der Waals surface area contributed by atoms with Crippen LogP contribution in [0.2, 0.25) is 0 Å². The summed E-state index contributed by atoms with van der Waals surface area (Å²) in [7, 11) is 0. The summed E-state index contributed by atoms with van der Waals surface area (Å²) in [5.41, 5.74) is 1.28. The highest BCUT2D eigenvalue weighted by molar-refractivity contribution is 5.76. The minimum Gasteiger partial charge on any atom is -0.454 e. The molecule has 6 heteroatoms. The minimum atomic E-state index is 0.329. The Morgan fingerprint density at radius 1 is 1.11 bits per heavy atom. The molecule has 1 amide bonds. The van der Waals surface area contributed by atoms with Crippen LogP contribution >= 0.6 is 0 Å². The second-order valence-corrected chi connectivity index (χ2v) is 8.73. The quantitative estimate of drug-likeness (QED) is 0.777. The molecule has 3 heterocycles. The number of likely N-dealkylation sites (tertiary alicyclic amines) is 1. The van der Waals surface area contributed by atoms with Crippen molar-refractivity contribution in [3.63, 3.8) is 0 Å². The number of carbonyl (C=O) groups excluding carboxylic acids is 1. The normalized spacial score (nSPS) is 23.4. The van der Waals surface area contributed by atoms with Gasteiger partial charge in [-0.05, 0) is 36.5 Å². The molecule has 0 unspecified atom stereocenters. The van der Waals surface area contributed by atoms with Crippen LogP contribution in [0, 0.1) is 5.92 Å². The predicted octanol–water partition coefficient (Wildman–Crippen LogP) is 2.57. The number of carbonyl (C=O) groups is 1. The van der Waals surface area contributed by atoms with Crippen LogP contribution in [0.5, 0.6) is 11.5 Å². The summed E-state index contributed by atoms with van der Waals surface area (Å²) < 4.78 is 10.9. The third kappa shape index (κ3) is 4.61. The highest BCUT2D eigenvalue weighted by Crippen LogP contribution is 2.33. The summed E-state index contributed by atoms with van der Waals surface area (Å²) in [5, 5.41) is 0. The maximum Gasteiger partial charge on any atom is 0.231 e. The third-order valence-corrected chi connectivity index (χ3v) is 6.10. The first kappa shape index (κ1) is 19.5. The molecule has 28 heavy (non-hydrogen) atoms. The van der Waals surface area contributed by atoms with E-state index in [1.807, 2.05) is 6.07 Å². The summed E-state index contributed by atoms with van der Waals surface area (Å²) in [4.78, 5) is 19.7. The van der Waals surface area contributed by atoms with E-state index in [9.17, 15) is 4.79 Å². The Morgan fingerprint density at radius 2 is 1.89 bits per heavy atom. The third-order valence-electron chi connectivity index (χ3n) is 6.10. The van der Waals surface area contributed by atoms with Gasteiger partial charge in [-0.1, -0.05) is 19.9 Å². The largest absolute Gasteiger partial charge is 0.454 e. The maximum atomic E-state index is 12.5. The number of rotatable bonds is 5. The topological polar surface area (TPSA) is 45.3 Å². The van der Waals surface area contributed by atoms with E-state index in [4.69, 9.17) is 9.47 Å². The molecule has 154 valence electrons. The standard InChI is InChI=1S/C22H33N3O3/c1-17(2)12-22(26)25-7-3-4-19(15-25)24-10-8-23(9-11-24)14-18-5-6-20-21(13-18)28-16-27-20/h5-6,13,17,19H,3-4,7-12,14-16H2,1-2H3/t19-/m0/s1. The molecule has 1 atom stereocenters. The molecule has 2 fully saturated rings. The molecule has 0 bridgehead atoms. The second kappa shape index (κ2) is 8.70. The Morgan fingerprint density at radius 3 is 2.68 bits per heavy atom. The number of hydrogen-bond donors (Lipinski definition) is 0. The average Bonchev–Trinajstić information content (AvgIpc) is 3.16. The Bertz CT molecular complexity index is 686. The van der Waals surface area contributed by atoms with Gasteiger partial charge in [0, 0.05) is 58.3 Å². The Kier molecular flexibility index (Phi) is 6.07. The number of piperazine rings is 1. The summed E-state index contributed by atoms with van der Waals surface area (Å²) in [6.07, 6.45) is 3.02.